The third kappa shape index (κ3) is 8.71. The lowest BCUT2D eigenvalue weighted by atomic mass is 10.0. The highest BCUT2D eigenvalue weighted by Crippen LogP contribution is 2.27. The molecule has 2 aromatic carbocycles. The monoisotopic (exact) mass is 713 g/mol. The minimum absolute atomic E-state index is 0.0293. The molecule has 13 nitrogen and oxygen atoms in total. The Kier molecular flexibility index (Phi) is 11.4. The maximum absolute atomic E-state index is 13.3. The number of phenols is 1. The van der Waals surface area contributed by atoms with Gasteiger partial charge < -0.3 is 34.4 Å². The number of fused-ring (bicyclic) bond motifs is 1. The van der Waals surface area contributed by atoms with Gasteiger partial charge in [0.1, 0.15) is 17.3 Å². The topological polar surface area (TPSA) is 167 Å². The smallest absolute Gasteiger partial charge is 0.410 e. The first-order chi connectivity index (χ1) is 22.2. The van der Waals surface area contributed by atoms with Crippen molar-refractivity contribution in [2.75, 3.05) is 51.1 Å². The SMILES string of the molecule is N[S+]([O-])N1CCN(C=C=C=NC(=O)[C@@H](Cc2ccc(O)c(Br)c2)OC(=O)N2CCC(N3CCc4ccccc4NC3=O)CC2)CC1. The van der Waals surface area contributed by atoms with E-state index in [4.69, 9.17) is 9.88 Å². The van der Waals surface area contributed by atoms with Gasteiger partial charge in [-0.15, -0.1) is 9.44 Å². The summed E-state index contributed by atoms with van der Waals surface area (Å²) in [4.78, 5) is 48.5. The summed E-state index contributed by atoms with van der Waals surface area (Å²) in [6.45, 7) is 3.51. The third-order valence-electron chi connectivity index (χ3n) is 8.26. The Balaban J connectivity index is 1.20. The van der Waals surface area contributed by atoms with Crippen LogP contribution >= 0.6 is 15.9 Å². The zero-order valence-corrected chi connectivity index (χ0v) is 27.5. The molecule has 15 heteroatoms. The largest absolute Gasteiger partial charge is 0.579 e. The summed E-state index contributed by atoms with van der Waals surface area (Å²) >= 11 is 1.77. The molecule has 46 heavy (non-hydrogen) atoms. The van der Waals surface area contributed by atoms with Crippen molar-refractivity contribution in [3.05, 3.63) is 70.0 Å². The molecule has 2 fully saturated rings. The number of aromatic hydroxyl groups is 1. The number of para-hydroxylation sites is 1. The summed E-state index contributed by atoms with van der Waals surface area (Å²) in [5.41, 5.74) is 5.30. The van der Waals surface area contributed by atoms with Gasteiger partial charge in [0, 0.05) is 56.7 Å². The second kappa shape index (κ2) is 15.7. The summed E-state index contributed by atoms with van der Waals surface area (Å²) in [5, 5.41) is 18.3. The van der Waals surface area contributed by atoms with E-state index in [1.807, 2.05) is 34.1 Å². The van der Waals surface area contributed by atoms with E-state index in [1.54, 1.807) is 27.5 Å². The van der Waals surface area contributed by atoms with Crippen LogP contribution in [0, 0.1) is 0 Å². The van der Waals surface area contributed by atoms with Crippen LogP contribution < -0.4 is 10.5 Å². The Morgan fingerprint density at radius 3 is 2.61 bits per heavy atom. The highest BCUT2D eigenvalue weighted by molar-refractivity contribution is 9.10. The molecular weight excluding hydrogens is 678 g/mol. The molecule has 1 unspecified atom stereocenters. The highest BCUT2D eigenvalue weighted by atomic mass is 79.9. The molecule has 3 aliphatic heterocycles. The molecule has 4 N–H and O–H groups in total. The maximum atomic E-state index is 13.3. The van der Waals surface area contributed by atoms with Crippen LogP contribution in [0.2, 0.25) is 0 Å². The molecule has 0 saturated carbocycles. The van der Waals surface area contributed by atoms with Crippen LogP contribution in [0.3, 0.4) is 0 Å². The van der Waals surface area contributed by atoms with E-state index in [0.717, 1.165) is 17.7 Å². The molecule has 244 valence electrons. The fourth-order valence-electron chi connectivity index (χ4n) is 5.66. The van der Waals surface area contributed by atoms with Crippen LogP contribution in [-0.2, 0) is 33.9 Å². The van der Waals surface area contributed by atoms with E-state index < -0.39 is 29.7 Å². The number of ether oxygens (including phenoxy) is 1. The molecule has 2 atom stereocenters. The number of nitrogens with zero attached hydrogens (tertiary/aromatic N) is 5. The number of anilines is 1. The fourth-order valence-corrected chi connectivity index (χ4v) is 6.61. The molecule has 5 rings (SSSR count). The van der Waals surface area contributed by atoms with Gasteiger partial charge in [0.2, 0.25) is 0 Å². The van der Waals surface area contributed by atoms with E-state index in [-0.39, 0.29) is 24.2 Å². The Labute approximate surface area is 278 Å². The molecular formula is C31H36BrN7O6S. The van der Waals surface area contributed by atoms with Crippen molar-refractivity contribution in [1.82, 2.24) is 19.0 Å². The zero-order chi connectivity index (χ0) is 32.6. The van der Waals surface area contributed by atoms with Crippen molar-refractivity contribution in [3.8, 4) is 5.75 Å². The number of carbonyl (C=O) groups is 3. The van der Waals surface area contributed by atoms with Gasteiger partial charge in [0.25, 0.3) is 5.91 Å². The number of amides is 4. The van der Waals surface area contributed by atoms with Gasteiger partial charge in [-0.2, -0.15) is 4.99 Å². The molecule has 0 aromatic heterocycles. The van der Waals surface area contributed by atoms with Crippen LogP contribution in [0.5, 0.6) is 5.75 Å². The Morgan fingerprint density at radius 2 is 1.89 bits per heavy atom. The first kappa shape index (κ1) is 33.6. The quantitative estimate of drug-likeness (QED) is 0.222. The summed E-state index contributed by atoms with van der Waals surface area (Å²) in [6.07, 6.45) is 1.64. The number of benzene rings is 2. The number of piperazine rings is 1. The first-order valence-corrected chi connectivity index (χ1v) is 17.0. The second-order valence-corrected chi connectivity index (χ2v) is 13.1. The Morgan fingerprint density at radius 1 is 1.15 bits per heavy atom. The number of urea groups is 1. The highest BCUT2D eigenvalue weighted by Gasteiger charge is 2.33. The zero-order valence-electron chi connectivity index (χ0n) is 25.1. The van der Waals surface area contributed by atoms with Crippen molar-refractivity contribution in [1.29, 1.82) is 0 Å². The Hall–Kier alpha value is -3.81. The number of piperidine rings is 1. The third-order valence-corrected chi connectivity index (χ3v) is 9.77. The average molecular weight is 715 g/mol. The van der Waals surface area contributed by atoms with Gasteiger partial charge in [-0.25, -0.2) is 9.59 Å². The molecule has 0 aliphatic carbocycles. The molecule has 2 saturated heterocycles. The first-order valence-electron chi connectivity index (χ1n) is 15.0. The van der Waals surface area contributed by atoms with E-state index in [9.17, 15) is 24.0 Å². The van der Waals surface area contributed by atoms with Gasteiger partial charge in [0.15, 0.2) is 6.10 Å². The predicted molar refractivity (Wildman–Crippen MR) is 176 cm³/mol. The van der Waals surface area contributed by atoms with Gasteiger partial charge in [-0.05, 0) is 70.2 Å². The summed E-state index contributed by atoms with van der Waals surface area (Å²) in [5.74, 6) is 1.83. The molecule has 2 aromatic rings. The molecule has 3 heterocycles. The molecule has 3 aliphatic rings. The lowest BCUT2D eigenvalue weighted by molar-refractivity contribution is -0.126. The van der Waals surface area contributed by atoms with Crippen LogP contribution in [0.4, 0.5) is 15.3 Å². The van der Waals surface area contributed by atoms with E-state index in [1.165, 1.54) is 6.07 Å². The number of hydrogen-bond donors (Lipinski definition) is 3. The van der Waals surface area contributed by atoms with E-state index in [2.05, 4.69) is 37.8 Å². The van der Waals surface area contributed by atoms with Crippen LogP contribution in [0.25, 0.3) is 0 Å². The van der Waals surface area contributed by atoms with Gasteiger partial charge in [-0.1, -0.05) is 24.3 Å². The van der Waals surface area contributed by atoms with Crippen LogP contribution in [-0.4, -0.2) is 111 Å². The number of rotatable bonds is 7. The number of hydrogen-bond acceptors (Lipinski definition) is 9. The van der Waals surface area contributed by atoms with Crippen molar-refractivity contribution in [2.45, 2.75) is 37.8 Å². The fraction of sp³-hybridized carbons (Fsp3) is 0.419. The van der Waals surface area contributed by atoms with Crippen molar-refractivity contribution in [3.63, 3.8) is 0 Å². The van der Waals surface area contributed by atoms with Crippen molar-refractivity contribution >= 4 is 57.1 Å². The van der Waals surface area contributed by atoms with Crippen molar-refractivity contribution < 1.29 is 28.8 Å². The second-order valence-electron chi connectivity index (χ2n) is 11.2. The molecule has 0 bridgehead atoms. The number of likely N-dealkylation sites (tertiary alicyclic amines) is 1. The number of nitrogens with one attached hydrogen (secondary N) is 1. The maximum Gasteiger partial charge on any atom is 0.410 e. The number of aliphatic imine (C=N–C) groups is 1. The number of nitrogens with two attached hydrogens (primary N) is 1. The van der Waals surface area contributed by atoms with Crippen LogP contribution in [0.15, 0.2) is 63.9 Å². The summed E-state index contributed by atoms with van der Waals surface area (Å²) < 4.78 is 19.2. The Bertz CT molecular complexity index is 1530. The summed E-state index contributed by atoms with van der Waals surface area (Å²) in [7, 11) is 0. The van der Waals surface area contributed by atoms with E-state index >= 15 is 0 Å². The van der Waals surface area contributed by atoms with Gasteiger partial charge in [-0.3, -0.25) is 4.79 Å². The predicted octanol–water partition coefficient (Wildman–Crippen LogP) is 2.78. The summed E-state index contributed by atoms with van der Waals surface area (Å²) in [6, 6.07) is 12.3. The number of carbonyl (C=O) groups excluding carboxylic acids is 3. The molecule has 4 amide bonds. The lowest BCUT2D eigenvalue weighted by Gasteiger charge is -2.37. The minimum atomic E-state index is -1.51. The number of phenolic OH excluding ortho intramolecular Hbond substituents is 1. The van der Waals surface area contributed by atoms with Gasteiger partial charge >= 0.3 is 12.1 Å². The normalized spacial score (nSPS) is 18.7. The standard InChI is InChI=1S/C31H36BrN7O6S/c32-25-20-22(6-7-27(25)40)21-28(29(41)34-11-3-12-36-16-18-38(19-17-36)46(33)44)45-31(43)37-13-9-24(10-14-37)39-15-8-23-4-1-2-5-26(23)35-30(39)42/h1-2,4-7,12,20,24,28,40H,8-10,13-19,21,33H2,(H,35,42)/t28-,46?/m1/s1. The number of halogens is 1. The lowest BCUT2D eigenvalue weighted by Crippen LogP contribution is -2.50. The minimum Gasteiger partial charge on any atom is -0.579 e. The van der Waals surface area contributed by atoms with Crippen LogP contribution in [0.1, 0.15) is 24.0 Å². The van der Waals surface area contributed by atoms with Crippen molar-refractivity contribution in [2.24, 2.45) is 10.1 Å². The average Bonchev–Trinajstić information content (AvgIpc) is 3.22. The van der Waals surface area contributed by atoms with Gasteiger partial charge in [0.05, 0.1) is 23.8 Å². The molecule has 0 radical (unpaired) electrons. The molecule has 0 spiro atoms. The van der Waals surface area contributed by atoms with E-state index in [0.29, 0.717) is 68.7 Å².